The van der Waals surface area contributed by atoms with Crippen LogP contribution < -0.4 is 0 Å². The van der Waals surface area contributed by atoms with Crippen molar-refractivity contribution in [3.05, 3.63) is 0 Å². The van der Waals surface area contributed by atoms with E-state index in [1.54, 1.807) is 0 Å². The summed E-state index contributed by atoms with van der Waals surface area (Å²) < 4.78 is 5.42. The van der Waals surface area contributed by atoms with Gasteiger partial charge < -0.3 is 4.74 Å². The second kappa shape index (κ2) is 15.0. The third kappa shape index (κ3) is 14.8. The average Bonchev–Trinajstić information content (AvgIpc) is 2.51. The summed E-state index contributed by atoms with van der Waals surface area (Å²) in [5, 5.41) is 0. The van der Waals surface area contributed by atoms with E-state index in [-0.39, 0.29) is 18.0 Å². The fourth-order valence-electron chi connectivity index (χ4n) is 2.86. The molecule has 0 radical (unpaired) electrons. The highest BCUT2D eigenvalue weighted by Gasteiger charge is 2.14. The lowest BCUT2D eigenvalue weighted by Gasteiger charge is -2.17. The third-order valence-corrected chi connectivity index (χ3v) is 4.66. The molecule has 0 saturated heterocycles. The number of hydrogen-bond donors (Lipinski definition) is 0. The zero-order chi connectivity index (χ0) is 17.5. The number of rotatable bonds is 15. The van der Waals surface area contributed by atoms with Crippen LogP contribution in [-0.2, 0) is 9.53 Å². The van der Waals surface area contributed by atoms with E-state index < -0.39 is 0 Å². The van der Waals surface area contributed by atoms with Crippen LogP contribution in [0, 0.1) is 11.8 Å². The van der Waals surface area contributed by atoms with E-state index in [0.717, 1.165) is 12.3 Å². The molecule has 0 aliphatic heterocycles. The average molecular weight is 327 g/mol. The second-order valence-corrected chi connectivity index (χ2v) is 7.70. The van der Waals surface area contributed by atoms with Crippen molar-refractivity contribution < 1.29 is 9.53 Å². The maximum Gasteiger partial charge on any atom is 0.308 e. The van der Waals surface area contributed by atoms with Crippen molar-refractivity contribution in [2.45, 2.75) is 118 Å². The van der Waals surface area contributed by atoms with Gasteiger partial charge in [0.25, 0.3) is 0 Å². The van der Waals surface area contributed by atoms with Gasteiger partial charge in [0.15, 0.2) is 0 Å². The molecule has 23 heavy (non-hydrogen) atoms. The van der Waals surface area contributed by atoms with E-state index in [1.807, 2.05) is 20.8 Å². The van der Waals surface area contributed by atoms with E-state index in [4.69, 9.17) is 4.74 Å². The Bertz CT molecular complexity index is 273. The van der Waals surface area contributed by atoms with Gasteiger partial charge in [-0.25, -0.2) is 0 Å². The minimum absolute atomic E-state index is 0.0168. The lowest BCUT2D eigenvalue weighted by Crippen LogP contribution is -2.19. The SMILES string of the molecule is CCCCCCCCCCCC(C)CCC(C)OC(=O)C(C)C. The molecule has 0 aliphatic rings. The first-order valence-electron chi connectivity index (χ1n) is 10.2. The lowest BCUT2D eigenvalue weighted by atomic mass is 9.96. The predicted octanol–water partition coefficient (Wildman–Crippen LogP) is 6.91. The molecule has 2 nitrogen and oxygen atoms in total. The van der Waals surface area contributed by atoms with Gasteiger partial charge in [-0.2, -0.15) is 0 Å². The number of esters is 1. The minimum atomic E-state index is -0.0657. The van der Waals surface area contributed by atoms with Gasteiger partial charge in [-0.3, -0.25) is 4.79 Å². The van der Waals surface area contributed by atoms with Crippen LogP contribution in [0.3, 0.4) is 0 Å². The molecular weight excluding hydrogens is 284 g/mol. The molecule has 0 aliphatic carbocycles. The molecule has 0 fully saturated rings. The number of carbonyl (C=O) groups is 1. The summed E-state index contributed by atoms with van der Waals surface area (Å²) in [6.07, 6.45) is 16.1. The minimum Gasteiger partial charge on any atom is -0.462 e. The van der Waals surface area contributed by atoms with E-state index in [1.165, 1.54) is 70.6 Å². The Hall–Kier alpha value is -0.530. The van der Waals surface area contributed by atoms with Crippen LogP contribution >= 0.6 is 0 Å². The number of carbonyl (C=O) groups excluding carboxylic acids is 1. The zero-order valence-electron chi connectivity index (χ0n) is 16.5. The highest BCUT2D eigenvalue weighted by molar-refractivity contribution is 5.71. The number of unbranched alkanes of at least 4 members (excludes halogenated alkanes) is 8. The fourth-order valence-corrected chi connectivity index (χ4v) is 2.86. The molecule has 0 N–H and O–H groups in total. The monoisotopic (exact) mass is 326 g/mol. The van der Waals surface area contributed by atoms with E-state index in [2.05, 4.69) is 13.8 Å². The molecule has 0 rings (SSSR count). The van der Waals surface area contributed by atoms with Gasteiger partial charge >= 0.3 is 5.97 Å². The first-order chi connectivity index (χ1) is 11.0. The Morgan fingerprint density at radius 1 is 0.739 bits per heavy atom. The van der Waals surface area contributed by atoms with Crippen LogP contribution in [0.4, 0.5) is 0 Å². The van der Waals surface area contributed by atoms with Crippen molar-refractivity contribution in [3.63, 3.8) is 0 Å². The Kier molecular flexibility index (Phi) is 14.7. The van der Waals surface area contributed by atoms with E-state index in [9.17, 15) is 4.79 Å². The smallest absolute Gasteiger partial charge is 0.308 e. The Morgan fingerprint density at radius 2 is 1.26 bits per heavy atom. The highest BCUT2D eigenvalue weighted by atomic mass is 16.5. The highest BCUT2D eigenvalue weighted by Crippen LogP contribution is 2.18. The topological polar surface area (TPSA) is 26.3 Å². The van der Waals surface area contributed by atoms with Crippen molar-refractivity contribution in [2.75, 3.05) is 0 Å². The Labute approximate surface area is 145 Å². The molecule has 2 heteroatoms. The number of ether oxygens (including phenoxy) is 1. The molecule has 138 valence electrons. The van der Waals surface area contributed by atoms with Gasteiger partial charge in [0.1, 0.15) is 0 Å². The summed E-state index contributed by atoms with van der Waals surface area (Å²) in [5.41, 5.74) is 0. The number of hydrogen-bond acceptors (Lipinski definition) is 2. The van der Waals surface area contributed by atoms with Gasteiger partial charge in [0.2, 0.25) is 0 Å². The fraction of sp³-hybridized carbons (Fsp3) is 0.952. The van der Waals surface area contributed by atoms with Crippen molar-refractivity contribution in [2.24, 2.45) is 11.8 Å². The summed E-state index contributed by atoms with van der Waals surface area (Å²) >= 11 is 0. The summed E-state index contributed by atoms with van der Waals surface area (Å²) in [4.78, 5) is 11.5. The maximum atomic E-state index is 11.5. The third-order valence-electron chi connectivity index (χ3n) is 4.66. The van der Waals surface area contributed by atoms with Crippen LogP contribution in [0.1, 0.15) is 112 Å². The Balaban J connectivity index is 3.43. The van der Waals surface area contributed by atoms with Gasteiger partial charge in [0.05, 0.1) is 12.0 Å². The van der Waals surface area contributed by atoms with Gasteiger partial charge in [-0.15, -0.1) is 0 Å². The van der Waals surface area contributed by atoms with Crippen LogP contribution in [0.25, 0.3) is 0 Å². The predicted molar refractivity (Wildman–Crippen MR) is 101 cm³/mol. The van der Waals surface area contributed by atoms with Crippen molar-refractivity contribution in [1.82, 2.24) is 0 Å². The van der Waals surface area contributed by atoms with Crippen LogP contribution in [0.15, 0.2) is 0 Å². The van der Waals surface area contributed by atoms with Gasteiger partial charge in [0, 0.05) is 0 Å². The first kappa shape index (κ1) is 22.5. The van der Waals surface area contributed by atoms with Crippen molar-refractivity contribution in [3.8, 4) is 0 Å². The van der Waals surface area contributed by atoms with Crippen LogP contribution in [0.5, 0.6) is 0 Å². The van der Waals surface area contributed by atoms with Gasteiger partial charge in [-0.05, 0) is 25.7 Å². The molecule has 2 atom stereocenters. The molecule has 0 heterocycles. The standard InChI is InChI=1S/C21H42O2/c1-6-7-8-9-10-11-12-13-14-15-19(4)16-17-20(5)23-21(22)18(2)3/h18-20H,6-17H2,1-5H3. The summed E-state index contributed by atoms with van der Waals surface area (Å²) in [6.45, 7) is 10.4. The molecule has 0 saturated carbocycles. The molecule has 0 aromatic carbocycles. The normalized spacial score (nSPS) is 14.0. The molecular formula is C21H42O2. The van der Waals surface area contributed by atoms with Crippen molar-refractivity contribution >= 4 is 5.97 Å². The van der Waals surface area contributed by atoms with Gasteiger partial charge in [-0.1, -0.05) is 91.9 Å². The molecule has 0 amide bonds. The second-order valence-electron chi connectivity index (χ2n) is 7.70. The molecule has 0 aromatic rings. The quantitative estimate of drug-likeness (QED) is 0.241. The molecule has 2 unspecified atom stereocenters. The maximum absolute atomic E-state index is 11.5. The summed E-state index contributed by atoms with van der Waals surface area (Å²) in [6, 6.07) is 0. The van der Waals surface area contributed by atoms with Crippen LogP contribution in [-0.4, -0.2) is 12.1 Å². The summed E-state index contributed by atoms with van der Waals surface area (Å²) in [7, 11) is 0. The molecule has 0 spiro atoms. The Morgan fingerprint density at radius 3 is 1.78 bits per heavy atom. The van der Waals surface area contributed by atoms with E-state index in [0.29, 0.717) is 0 Å². The lowest BCUT2D eigenvalue weighted by molar-refractivity contribution is -0.152. The van der Waals surface area contributed by atoms with Crippen LogP contribution in [0.2, 0.25) is 0 Å². The van der Waals surface area contributed by atoms with Crippen molar-refractivity contribution in [1.29, 1.82) is 0 Å². The largest absolute Gasteiger partial charge is 0.462 e. The summed E-state index contributed by atoms with van der Waals surface area (Å²) in [5.74, 6) is 0.667. The molecule has 0 aromatic heterocycles. The van der Waals surface area contributed by atoms with E-state index >= 15 is 0 Å². The zero-order valence-corrected chi connectivity index (χ0v) is 16.5. The molecule has 0 bridgehead atoms. The first-order valence-corrected chi connectivity index (χ1v) is 10.2.